The van der Waals surface area contributed by atoms with Gasteiger partial charge < -0.3 is 15.4 Å². The van der Waals surface area contributed by atoms with Gasteiger partial charge in [0.1, 0.15) is 11.5 Å². The first-order valence-corrected chi connectivity index (χ1v) is 7.67. The van der Waals surface area contributed by atoms with Crippen molar-refractivity contribution in [2.24, 2.45) is 0 Å². The number of carboxylic acids is 1. The molecule has 1 aliphatic rings. The molecule has 6 nitrogen and oxygen atoms in total. The largest absolute Gasteiger partial charge is 0.477 e. The van der Waals surface area contributed by atoms with Gasteiger partial charge in [-0.05, 0) is 25.7 Å². The maximum absolute atomic E-state index is 12.1. The van der Waals surface area contributed by atoms with Crippen LogP contribution < -0.4 is 5.32 Å². The van der Waals surface area contributed by atoms with Crippen LogP contribution in [0, 0.1) is 0 Å². The number of carbonyl (C=O) groups is 2. The summed E-state index contributed by atoms with van der Waals surface area (Å²) in [4.78, 5) is 29.9. The number of carbonyl (C=O) groups excluding carboxylic acids is 1. The highest BCUT2D eigenvalue weighted by Gasteiger charge is 2.42. The summed E-state index contributed by atoms with van der Waals surface area (Å²) in [5.74, 6) is -0.443. The van der Waals surface area contributed by atoms with Gasteiger partial charge >= 0.3 is 5.97 Å². The van der Waals surface area contributed by atoms with E-state index >= 15 is 0 Å². The summed E-state index contributed by atoms with van der Waals surface area (Å²) in [6, 6.07) is 0. The van der Waals surface area contributed by atoms with E-state index in [2.05, 4.69) is 22.2 Å². The Kier molecular flexibility index (Phi) is 4.98. The molecule has 0 spiro atoms. The average molecular weight is 293 g/mol. The molecular formula is C15H23N3O3. The fraction of sp³-hybridized carbons (Fsp3) is 0.667. The van der Waals surface area contributed by atoms with Crippen LogP contribution in [0.5, 0.6) is 0 Å². The number of unbranched alkanes of at least 4 members (excludes halogenated alkanes) is 3. The van der Waals surface area contributed by atoms with Crippen LogP contribution in [0.2, 0.25) is 0 Å². The van der Waals surface area contributed by atoms with E-state index < -0.39 is 11.5 Å². The Labute approximate surface area is 124 Å². The smallest absolute Gasteiger partial charge is 0.353 e. The van der Waals surface area contributed by atoms with Crippen molar-refractivity contribution in [2.45, 2.75) is 63.8 Å². The van der Waals surface area contributed by atoms with Crippen molar-refractivity contribution in [3.8, 4) is 0 Å². The van der Waals surface area contributed by atoms with Crippen LogP contribution in [0.15, 0.2) is 6.20 Å². The molecule has 0 radical (unpaired) electrons. The van der Waals surface area contributed by atoms with Gasteiger partial charge in [-0.25, -0.2) is 9.78 Å². The maximum Gasteiger partial charge on any atom is 0.353 e. The number of H-pyrrole nitrogens is 1. The van der Waals surface area contributed by atoms with Gasteiger partial charge in [0.15, 0.2) is 0 Å². The first-order chi connectivity index (χ1) is 10.1. The van der Waals surface area contributed by atoms with Crippen LogP contribution in [0.25, 0.3) is 0 Å². The zero-order chi connectivity index (χ0) is 15.3. The average Bonchev–Trinajstić information content (AvgIpc) is 2.89. The minimum atomic E-state index is -1.03. The highest BCUT2D eigenvalue weighted by Crippen LogP contribution is 2.39. The van der Waals surface area contributed by atoms with Crippen LogP contribution in [-0.4, -0.2) is 27.0 Å². The minimum Gasteiger partial charge on any atom is -0.477 e. The lowest BCUT2D eigenvalue weighted by Crippen LogP contribution is -2.51. The Hall–Kier alpha value is -1.85. The van der Waals surface area contributed by atoms with Crippen LogP contribution in [0.1, 0.15) is 74.6 Å². The summed E-state index contributed by atoms with van der Waals surface area (Å²) in [5, 5.41) is 12.0. The monoisotopic (exact) mass is 293 g/mol. The Morgan fingerprint density at radius 2 is 2.14 bits per heavy atom. The molecule has 0 aliphatic heterocycles. The second kappa shape index (κ2) is 6.74. The molecule has 21 heavy (non-hydrogen) atoms. The van der Waals surface area contributed by atoms with Crippen molar-refractivity contribution in [1.29, 1.82) is 0 Å². The first kappa shape index (κ1) is 15.5. The third kappa shape index (κ3) is 3.62. The van der Waals surface area contributed by atoms with Gasteiger partial charge in [0.05, 0.1) is 11.7 Å². The van der Waals surface area contributed by atoms with Gasteiger partial charge in [-0.15, -0.1) is 0 Å². The van der Waals surface area contributed by atoms with Gasteiger partial charge in [0, 0.05) is 6.42 Å². The lowest BCUT2D eigenvalue weighted by molar-refractivity contribution is -0.124. The van der Waals surface area contributed by atoms with Crippen molar-refractivity contribution in [1.82, 2.24) is 15.3 Å². The number of amides is 1. The van der Waals surface area contributed by atoms with Gasteiger partial charge in [-0.3, -0.25) is 4.79 Å². The molecule has 1 amide bonds. The normalized spacial score (nSPS) is 16.2. The van der Waals surface area contributed by atoms with E-state index in [4.69, 9.17) is 5.11 Å². The number of aromatic carboxylic acids is 1. The van der Waals surface area contributed by atoms with Gasteiger partial charge in [-0.2, -0.15) is 0 Å². The van der Waals surface area contributed by atoms with Gasteiger partial charge in [0.2, 0.25) is 5.91 Å². The molecule has 0 bridgehead atoms. The summed E-state index contributed by atoms with van der Waals surface area (Å²) in [5.41, 5.74) is -0.427. The van der Waals surface area contributed by atoms with Crippen LogP contribution >= 0.6 is 0 Å². The molecule has 116 valence electrons. The van der Waals surface area contributed by atoms with E-state index in [0.717, 1.165) is 44.9 Å². The summed E-state index contributed by atoms with van der Waals surface area (Å²) in [6.07, 6.45) is 8.72. The second-order valence-corrected chi connectivity index (χ2v) is 5.75. The number of hydrogen-bond acceptors (Lipinski definition) is 3. The van der Waals surface area contributed by atoms with Crippen molar-refractivity contribution in [3.05, 3.63) is 17.7 Å². The highest BCUT2D eigenvalue weighted by molar-refractivity contribution is 5.85. The summed E-state index contributed by atoms with van der Waals surface area (Å²) in [7, 11) is 0. The van der Waals surface area contributed by atoms with E-state index in [0.29, 0.717) is 12.2 Å². The molecular weight excluding hydrogens is 270 g/mol. The number of rotatable bonds is 8. The standard InChI is InChI=1S/C15H23N3O3/c1-2-3-4-5-7-12(19)18-15(8-6-9-15)14-16-10-11(17-14)13(20)21/h10H,2-9H2,1H3,(H,16,17)(H,18,19)(H,20,21). The lowest BCUT2D eigenvalue weighted by Gasteiger charge is -2.40. The molecule has 3 N–H and O–H groups in total. The maximum atomic E-state index is 12.1. The Balaban J connectivity index is 1.94. The fourth-order valence-corrected chi connectivity index (χ4v) is 2.67. The lowest BCUT2D eigenvalue weighted by atomic mass is 9.76. The number of nitrogens with zero attached hydrogens (tertiary/aromatic N) is 1. The zero-order valence-corrected chi connectivity index (χ0v) is 12.4. The third-order valence-electron chi connectivity index (χ3n) is 4.10. The Morgan fingerprint density at radius 3 is 2.67 bits per heavy atom. The number of aromatic amines is 1. The second-order valence-electron chi connectivity index (χ2n) is 5.75. The zero-order valence-electron chi connectivity index (χ0n) is 12.4. The van der Waals surface area contributed by atoms with E-state index in [1.165, 1.54) is 6.20 Å². The van der Waals surface area contributed by atoms with Crippen molar-refractivity contribution < 1.29 is 14.7 Å². The minimum absolute atomic E-state index is 0.0269. The fourth-order valence-electron chi connectivity index (χ4n) is 2.67. The van der Waals surface area contributed by atoms with Crippen LogP contribution in [0.4, 0.5) is 0 Å². The van der Waals surface area contributed by atoms with Gasteiger partial charge in [0.25, 0.3) is 0 Å². The molecule has 0 unspecified atom stereocenters. The summed E-state index contributed by atoms with van der Waals surface area (Å²) < 4.78 is 0. The summed E-state index contributed by atoms with van der Waals surface area (Å²) in [6.45, 7) is 2.14. The van der Waals surface area contributed by atoms with Crippen LogP contribution in [-0.2, 0) is 10.3 Å². The number of imidazole rings is 1. The molecule has 1 aliphatic carbocycles. The van der Waals surface area contributed by atoms with E-state index in [-0.39, 0.29) is 11.6 Å². The first-order valence-electron chi connectivity index (χ1n) is 7.67. The van der Waals surface area contributed by atoms with Crippen LogP contribution in [0.3, 0.4) is 0 Å². The highest BCUT2D eigenvalue weighted by atomic mass is 16.4. The molecule has 1 aromatic rings. The third-order valence-corrected chi connectivity index (χ3v) is 4.10. The molecule has 6 heteroatoms. The predicted octanol–water partition coefficient (Wildman–Crippen LogP) is 2.57. The molecule has 1 fully saturated rings. The summed E-state index contributed by atoms with van der Waals surface area (Å²) >= 11 is 0. The predicted molar refractivity (Wildman–Crippen MR) is 78.0 cm³/mol. The molecule has 2 rings (SSSR count). The van der Waals surface area contributed by atoms with E-state index in [1.54, 1.807) is 0 Å². The molecule has 1 heterocycles. The number of nitrogens with one attached hydrogen (secondary N) is 2. The topological polar surface area (TPSA) is 95.1 Å². The van der Waals surface area contributed by atoms with E-state index in [1.807, 2.05) is 0 Å². The molecule has 0 aromatic carbocycles. The van der Waals surface area contributed by atoms with Crippen molar-refractivity contribution in [3.63, 3.8) is 0 Å². The molecule has 0 atom stereocenters. The van der Waals surface area contributed by atoms with Gasteiger partial charge in [-0.1, -0.05) is 26.2 Å². The van der Waals surface area contributed by atoms with Crippen molar-refractivity contribution in [2.75, 3.05) is 0 Å². The van der Waals surface area contributed by atoms with Crippen molar-refractivity contribution >= 4 is 11.9 Å². The molecule has 0 saturated heterocycles. The quantitative estimate of drug-likeness (QED) is 0.642. The molecule has 1 saturated carbocycles. The molecule has 1 aromatic heterocycles. The number of carboxylic acid groups (broad SMARTS) is 1. The SMILES string of the molecule is CCCCCCC(=O)NC1(c2ncc(C(=O)O)[nH]2)CCC1. The number of hydrogen-bond donors (Lipinski definition) is 3. The Morgan fingerprint density at radius 1 is 1.38 bits per heavy atom. The number of aromatic nitrogens is 2. The van der Waals surface area contributed by atoms with E-state index in [9.17, 15) is 9.59 Å². The Bertz CT molecular complexity index is 506.